The highest BCUT2D eigenvalue weighted by atomic mass is 79.9. The second kappa shape index (κ2) is 7.90. The number of hydrogen-bond acceptors (Lipinski definition) is 3. The first kappa shape index (κ1) is 20.0. The van der Waals surface area contributed by atoms with Gasteiger partial charge in [0.05, 0.1) is 10.2 Å². The van der Waals surface area contributed by atoms with E-state index in [0.717, 1.165) is 30.7 Å². The third-order valence-electron chi connectivity index (χ3n) is 4.36. The molecule has 1 saturated heterocycles. The summed E-state index contributed by atoms with van der Waals surface area (Å²) in [5, 5.41) is 3.64. The molecule has 1 aliphatic rings. The van der Waals surface area contributed by atoms with E-state index in [1.807, 2.05) is 6.08 Å². The van der Waals surface area contributed by atoms with Crippen molar-refractivity contribution in [1.29, 1.82) is 0 Å². The van der Waals surface area contributed by atoms with Crippen LogP contribution in [0.25, 0.3) is 0 Å². The van der Waals surface area contributed by atoms with Crippen LogP contribution < -0.4 is 0 Å². The van der Waals surface area contributed by atoms with Crippen molar-refractivity contribution < 1.29 is 18.0 Å². The van der Waals surface area contributed by atoms with Gasteiger partial charge in [-0.1, -0.05) is 6.08 Å². The summed E-state index contributed by atoms with van der Waals surface area (Å²) >= 11 is 2.94. The second-order valence-electron chi connectivity index (χ2n) is 6.13. The molecule has 9 heteroatoms. The van der Waals surface area contributed by atoms with Gasteiger partial charge in [0.25, 0.3) is 0 Å². The van der Waals surface area contributed by atoms with Gasteiger partial charge in [0, 0.05) is 32.7 Å². The number of halogens is 4. The fourth-order valence-electron chi connectivity index (χ4n) is 2.98. The molecule has 0 N–H and O–H groups in total. The van der Waals surface area contributed by atoms with Gasteiger partial charge in [0.1, 0.15) is 6.04 Å². The summed E-state index contributed by atoms with van der Waals surface area (Å²) in [4.78, 5) is 16.7. The van der Waals surface area contributed by atoms with Gasteiger partial charge in [-0.15, -0.1) is 6.58 Å². The molecular formula is C16H22BrF3N4O. The molecule has 1 aromatic rings. The Morgan fingerprint density at radius 3 is 2.60 bits per heavy atom. The highest BCUT2D eigenvalue weighted by Crippen LogP contribution is 2.36. The van der Waals surface area contributed by atoms with Gasteiger partial charge < -0.3 is 4.90 Å². The molecule has 140 valence electrons. The Balaban J connectivity index is 2.16. The van der Waals surface area contributed by atoms with Crippen LogP contribution in [0, 0.1) is 6.92 Å². The summed E-state index contributed by atoms with van der Waals surface area (Å²) in [5.74, 6) is -0.215. The fourth-order valence-corrected chi connectivity index (χ4v) is 3.47. The van der Waals surface area contributed by atoms with Crippen LogP contribution in [0.3, 0.4) is 0 Å². The Labute approximate surface area is 153 Å². The largest absolute Gasteiger partial charge is 0.436 e. The van der Waals surface area contributed by atoms with Crippen molar-refractivity contribution in [2.75, 3.05) is 32.7 Å². The number of aromatic nitrogens is 2. The minimum atomic E-state index is -4.56. The predicted octanol–water partition coefficient (Wildman–Crippen LogP) is 3.25. The first-order chi connectivity index (χ1) is 11.7. The zero-order valence-corrected chi connectivity index (χ0v) is 15.9. The molecule has 2 heterocycles. The van der Waals surface area contributed by atoms with Gasteiger partial charge in [-0.3, -0.25) is 14.4 Å². The first-order valence-corrected chi connectivity index (χ1v) is 8.90. The molecule has 1 atom stereocenters. The predicted molar refractivity (Wildman–Crippen MR) is 92.2 cm³/mol. The summed E-state index contributed by atoms with van der Waals surface area (Å²) < 4.78 is 40.1. The summed E-state index contributed by atoms with van der Waals surface area (Å²) in [6.07, 6.45) is -1.92. The molecule has 1 aliphatic heterocycles. The molecule has 25 heavy (non-hydrogen) atoms. The van der Waals surface area contributed by atoms with Crippen LogP contribution >= 0.6 is 15.9 Å². The average Bonchev–Trinajstić information content (AvgIpc) is 2.73. The van der Waals surface area contributed by atoms with E-state index >= 15 is 0 Å². The number of carbonyl (C=O) groups is 1. The highest BCUT2D eigenvalue weighted by molar-refractivity contribution is 9.10. The first-order valence-electron chi connectivity index (χ1n) is 8.10. The Kier molecular flexibility index (Phi) is 6.31. The monoisotopic (exact) mass is 422 g/mol. The Morgan fingerprint density at radius 1 is 1.36 bits per heavy atom. The highest BCUT2D eigenvalue weighted by Gasteiger charge is 2.39. The van der Waals surface area contributed by atoms with Gasteiger partial charge in [-0.25, -0.2) is 0 Å². The van der Waals surface area contributed by atoms with E-state index in [4.69, 9.17) is 0 Å². The molecule has 1 aromatic heterocycles. The number of hydrogen-bond donors (Lipinski definition) is 0. The number of rotatable bonds is 4. The molecule has 0 bridgehead atoms. The number of carbonyl (C=O) groups excluding carboxylic acids is 1. The summed E-state index contributed by atoms with van der Waals surface area (Å²) in [7, 11) is 0. The SMILES string of the molecule is C=CCN1CCCN(C(=O)C(C)n2nc(C(F)(F)F)c(Br)c2C)CC1. The van der Waals surface area contributed by atoms with E-state index < -0.39 is 17.9 Å². The number of alkyl halides is 3. The van der Waals surface area contributed by atoms with Crippen molar-refractivity contribution in [3.63, 3.8) is 0 Å². The number of amides is 1. The Bertz CT molecular complexity index is 644. The molecule has 1 fully saturated rings. The van der Waals surface area contributed by atoms with Crippen LogP contribution in [0.1, 0.15) is 30.8 Å². The average molecular weight is 423 g/mol. The van der Waals surface area contributed by atoms with E-state index in [9.17, 15) is 18.0 Å². The van der Waals surface area contributed by atoms with Crippen LogP contribution in [0.5, 0.6) is 0 Å². The van der Waals surface area contributed by atoms with Crippen LogP contribution in [0.2, 0.25) is 0 Å². The Morgan fingerprint density at radius 2 is 2.04 bits per heavy atom. The van der Waals surface area contributed by atoms with Crippen molar-refractivity contribution >= 4 is 21.8 Å². The molecule has 0 saturated carbocycles. The Hall–Kier alpha value is -1.35. The molecule has 0 spiro atoms. The molecule has 0 radical (unpaired) electrons. The lowest BCUT2D eigenvalue weighted by Crippen LogP contribution is -2.39. The maximum Gasteiger partial charge on any atom is 0.436 e. The summed E-state index contributed by atoms with van der Waals surface area (Å²) in [6, 6.07) is -0.793. The van der Waals surface area contributed by atoms with E-state index in [1.165, 1.54) is 6.92 Å². The van der Waals surface area contributed by atoms with Crippen LogP contribution in [-0.4, -0.2) is 58.2 Å². The maximum absolute atomic E-state index is 13.0. The molecule has 0 aromatic carbocycles. The third kappa shape index (κ3) is 4.44. The van der Waals surface area contributed by atoms with E-state index in [1.54, 1.807) is 11.8 Å². The smallest absolute Gasteiger partial charge is 0.340 e. The molecule has 0 aliphatic carbocycles. The zero-order valence-electron chi connectivity index (χ0n) is 14.3. The summed E-state index contributed by atoms with van der Waals surface area (Å²) in [6.45, 7) is 10.3. The summed E-state index contributed by atoms with van der Waals surface area (Å²) in [5.41, 5.74) is -0.714. The molecule has 5 nitrogen and oxygen atoms in total. The topological polar surface area (TPSA) is 41.4 Å². The number of nitrogens with zero attached hydrogens (tertiary/aromatic N) is 4. The second-order valence-corrected chi connectivity index (χ2v) is 6.93. The van der Waals surface area contributed by atoms with Crippen molar-refractivity contribution in [2.45, 2.75) is 32.5 Å². The van der Waals surface area contributed by atoms with Crippen LogP contribution in [-0.2, 0) is 11.0 Å². The normalized spacial score (nSPS) is 18.1. The quantitative estimate of drug-likeness (QED) is 0.699. The van der Waals surface area contributed by atoms with E-state index in [2.05, 4.69) is 32.5 Å². The standard InChI is InChI=1S/C16H22BrF3N4O/c1-4-6-22-7-5-8-23(10-9-22)15(25)12(3)24-11(2)13(17)14(21-24)16(18,19)20/h4,12H,1,5-10H2,2-3H3. The lowest BCUT2D eigenvalue weighted by Gasteiger charge is -2.25. The lowest BCUT2D eigenvalue weighted by atomic mass is 10.2. The van der Waals surface area contributed by atoms with Gasteiger partial charge in [-0.2, -0.15) is 18.3 Å². The molecular weight excluding hydrogens is 401 g/mol. The van der Waals surface area contributed by atoms with Gasteiger partial charge in [0.2, 0.25) is 5.91 Å². The molecule has 1 amide bonds. The third-order valence-corrected chi connectivity index (χ3v) is 5.31. The van der Waals surface area contributed by atoms with Gasteiger partial charge >= 0.3 is 6.18 Å². The van der Waals surface area contributed by atoms with Crippen LogP contribution in [0.4, 0.5) is 13.2 Å². The van der Waals surface area contributed by atoms with Gasteiger partial charge in [0.15, 0.2) is 5.69 Å². The van der Waals surface area contributed by atoms with Crippen LogP contribution in [0.15, 0.2) is 17.1 Å². The van der Waals surface area contributed by atoms with Crippen molar-refractivity contribution in [3.05, 3.63) is 28.5 Å². The molecule has 1 unspecified atom stereocenters. The van der Waals surface area contributed by atoms with Crippen molar-refractivity contribution in [1.82, 2.24) is 19.6 Å². The molecule has 2 rings (SSSR count). The van der Waals surface area contributed by atoms with Crippen molar-refractivity contribution in [2.24, 2.45) is 0 Å². The maximum atomic E-state index is 13.0. The minimum absolute atomic E-state index is 0.118. The lowest BCUT2D eigenvalue weighted by molar-refractivity contribution is -0.143. The fraction of sp³-hybridized carbons (Fsp3) is 0.625. The van der Waals surface area contributed by atoms with Crippen molar-refractivity contribution in [3.8, 4) is 0 Å². The van der Waals surface area contributed by atoms with E-state index in [0.29, 0.717) is 13.1 Å². The van der Waals surface area contributed by atoms with E-state index in [-0.39, 0.29) is 16.1 Å². The minimum Gasteiger partial charge on any atom is -0.340 e. The zero-order chi connectivity index (χ0) is 18.8. The van der Waals surface area contributed by atoms with Gasteiger partial charge in [-0.05, 0) is 36.2 Å².